The van der Waals surface area contributed by atoms with Gasteiger partial charge in [0.25, 0.3) is 0 Å². The molecule has 0 spiro atoms. The van der Waals surface area contributed by atoms with E-state index in [1.807, 2.05) is 0 Å². The van der Waals surface area contributed by atoms with E-state index in [1.165, 1.54) is 6.20 Å². The topological polar surface area (TPSA) is 25.8 Å². The summed E-state index contributed by atoms with van der Waals surface area (Å²) in [7, 11) is 0. The van der Waals surface area contributed by atoms with Crippen LogP contribution in [0.4, 0.5) is 13.2 Å². The van der Waals surface area contributed by atoms with Gasteiger partial charge >= 0.3 is 0 Å². The van der Waals surface area contributed by atoms with Crippen LogP contribution in [0.3, 0.4) is 0 Å². The Morgan fingerprint density at radius 3 is 2.40 bits per heavy atom. The summed E-state index contributed by atoms with van der Waals surface area (Å²) in [5.74, 6) is -2.74. The molecule has 1 aromatic heterocycles. The van der Waals surface area contributed by atoms with Gasteiger partial charge in [0.15, 0.2) is 0 Å². The summed E-state index contributed by atoms with van der Waals surface area (Å²) in [5, 5.41) is 0. The van der Waals surface area contributed by atoms with Crippen molar-refractivity contribution in [3.8, 4) is 11.3 Å². The maximum atomic E-state index is 13.2. The van der Waals surface area contributed by atoms with Crippen LogP contribution >= 0.6 is 0 Å². The molecule has 0 N–H and O–H groups in total. The van der Waals surface area contributed by atoms with Gasteiger partial charge in [-0.15, -0.1) is 0 Å². The summed E-state index contributed by atoms with van der Waals surface area (Å²) >= 11 is 0. The summed E-state index contributed by atoms with van der Waals surface area (Å²) in [4.78, 5) is 6.93. The lowest BCUT2D eigenvalue weighted by Crippen LogP contribution is -1.95. The molecule has 1 aromatic carbocycles. The summed E-state index contributed by atoms with van der Waals surface area (Å²) in [6.45, 7) is 0. The third kappa shape index (κ3) is 1.81. The van der Waals surface area contributed by atoms with Crippen LogP contribution in [0.15, 0.2) is 24.5 Å². The Kier molecular flexibility index (Phi) is 2.37. The van der Waals surface area contributed by atoms with Gasteiger partial charge in [-0.05, 0) is 12.1 Å². The molecule has 0 unspecified atom stereocenters. The average Bonchev–Trinajstić information content (AvgIpc) is 2.20. The summed E-state index contributed by atoms with van der Waals surface area (Å²) in [6, 6.07) is 3.87. The van der Waals surface area contributed by atoms with E-state index in [0.717, 1.165) is 18.3 Å². The van der Waals surface area contributed by atoms with Crippen LogP contribution in [0.2, 0.25) is 0 Å². The molecule has 75 valence electrons. The first-order valence-electron chi connectivity index (χ1n) is 4.02. The highest BCUT2D eigenvalue weighted by Crippen LogP contribution is 2.22. The molecule has 0 saturated carbocycles. The molecule has 15 heavy (non-hydrogen) atoms. The standard InChI is InChI=1S/C10H4F3N2/c11-6-1-2-7(8(12)5-6)9-10(13)15-4-3-14-9/h1-4H. The molecule has 2 aromatic rings. The highest BCUT2D eigenvalue weighted by Gasteiger charge is 2.12. The summed E-state index contributed by atoms with van der Waals surface area (Å²) < 4.78 is 38.8. The third-order valence-electron chi connectivity index (χ3n) is 1.77. The van der Waals surface area contributed by atoms with Crippen LogP contribution in [0.1, 0.15) is 0 Å². The molecule has 0 aliphatic carbocycles. The molecule has 5 heteroatoms. The van der Waals surface area contributed by atoms with Crippen molar-refractivity contribution in [2.24, 2.45) is 0 Å². The van der Waals surface area contributed by atoms with E-state index in [0.29, 0.717) is 0 Å². The second-order valence-corrected chi connectivity index (χ2v) is 2.73. The lowest BCUT2D eigenvalue weighted by atomic mass is 10.1. The van der Waals surface area contributed by atoms with E-state index in [-0.39, 0.29) is 11.3 Å². The lowest BCUT2D eigenvalue weighted by molar-refractivity contribution is 0.567. The van der Waals surface area contributed by atoms with Crippen molar-refractivity contribution in [2.75, 3.05) is 0 Å². The second kappa shape index (κ2) is 3.68. The summed E-state index contributed by atoms with van der Waals surface area (Å²) in [6.07, 6.45) is 2.37. The SMILES string of the molecule is Fc1[c]c(F)c(-c2nccnc2F)cc1. The molecule has 0 atom stereocenters. The Balaban J connectivity index is 2.60. The maximum absolute atomic E-state index is 13.2. The first kappa shape index (κ1) is 9.64. The molecule has 1 radical (unpaired) electrons. The fraction of sp³-hybridized carbons (Fsp3) is 0. The Hall–Kier alpha value is -1.91. The van der Waals surface area contributed by atoms with Crippen molar-refractivity contribution in [3.05, 3.63) is 48.2 Å². The van der Waals surface area contributed by atoms with Crippen molar-refractivity contribution in [1.29, 1.82) is 0 Å². The molecule has 0 aliphatic heterocycles. The lowest BCUT2D eigenvalue weighted by Gasteiger charge is -2.01. The fourth-order valence-electron chi connectivity index (χ4n) is 1.13. The maximum Gasteiger partial charge on any atom is 0.239 e. The number of halogens is 3. The third-order valence-corrected chi connectivity index (χ3v) is 1.77. The van der Waals surface area contributed by atoms with E-state index >= 15 is 0 Å². The zero-order valence-corrected chi connectivity index (χ0v) is 7.34. The predicted octanol–water partition coefficient (Wildman–Crippen LogP) is 2.36. The minimum Gasteiger partial charge on any atom is -0.250 e. The van der Waals surface area contributed by atoms with Gasteiger partial charge in [-0.1, -0.05) is 0 Å². The molecular formula is C10H4F3N2. The molecular weight excluding hydrogens is 205 g/mol. The Morgan fingerprint density at radius 2 is 1.73 bits per heavy atom. The van der Waals surface area contributed by atoms with Gasteiger partial charge in [0, 0.05) is 18.0 Å². The minimum atomic E-state index is -0.991. The minimum absolute atomic E-state index is 0.165. The second-order valence-electron chi connectivity index (χ2n) is 2.73. The van der Waals surface area contributed by atoms with Crippen LogP contribution in [0.25, 0.3) is 11.3 Å². The number of hydrogen-bond donors (Lipinski definition) is 0. The smallest absolute Gasteiger partial charge is 0.239 e. The van der Waals surface area contributed by atoms with Crippen LogP contribution < -0.4 is 0 Å². The van der Waals surface area contributed by atoms with Crippen molar-refractivity contribution < 1.29 is 13.2 Å². The normalized spacial score (nSPS) is 10.3. The monoisotopic (exact) mass is 209 g/mol. The average molecular weight is 209 g/mol. The number of nitrogens with zero attached hydrogens (tertiary/aromatic N) is 2. The molecule has 0 bridgehead atoms. The fourth-order valence-corrected chi connectivity index (χ4v) is 1.13. The molecule has 2 rings (SSSR count). The summed E-state index contributed by atoms with van der Waals surface area (Å²) in [5.41, 5.74) is -0.423. The van der Waals surface area contributed by atoms with E-state index in [4.69, 9.17) is 0 Å². The molecule has 0 fully saturated rings. The van der Waals surface area contributed by atoms with E-state index in [9.17, 15) is 13.2 Å². The first-order chi connectivity index (χ1) is 7.18. The Labute approximate surface area is 83.4 Å². The van der Waals surface area contributed by atoms with Gasteiger partial charge in [0.2, 0.25) is 5.95 Å². The van der Waals surface area contributed by atoms with E-state index < -0.39 is 17.6 Å². The zero-order chi connectivity index (χ0) is 10.8. The van der Waals surface area contributed by atoms with Gasteiger partial charge in [-0.3, -0.25) is 0 Å². The molecule has 0 saturated heterocycles. The van der Waals surface area contributed by atoms with E-state index in [1.54, 1.807) is 6.07 Å². The number of aromatic nitrogens is 2. The zero-order valence-electron chi connectivity index (χ0n) is 7.34. The first-order valence-corrected chi connectivity index (χ1v) is 4.02. The highest BCUT2D eigenvalue weighted by molar-refractivity contribution is 5.58. The van der Waals surface area contributed by atoms with Gasteiger partial charge in [-0.2, -0.15) is 4.39 Å². The van der Waals surface area contributed by atoms with Crippen molar-refractivity contribution in [1.82, 2.24) is 9.97 Å². The van der Waals surface area contributed by atoms with Gasteiger partial charge < -0.3 is 0 Å². The van der Waals surface area contributed by atoms with Crippen LogP contribution in [0, 0.1) is 23.6 Å². The molecule has 2 nitrogen and oxygen atoms in total. The van der Waals surface area contributed by atoms with Gasteiger partial charge in [0.1, 0.15) is 17.3 Å². The van der Waals surface area contributed by atoms with Crippen molar-refractivity contribution >= 4 is 0 Å². The highest BCUT2D eigenvalue weighted by atomic mass is 19.1. The van der Waals surface area contributed by atoms with E-state index in [2.05, 4.69) is 9.97 Å². The van der Waals surface area contributed by atoms with Gasteiger partial charge in [0.05, 0.1) is 6.07 Å². The number of hydrogen-bond acceptors (Lipinski definition) is 2. The largest absolute Gasteiger partial charge is 0.250 e. The number of benzene rings is 1. The van der Waals surface area contributed by atoms with Crippen LogP contribution in [-0.4, -0.2) is 9.97 Å². The number of rotatable bonds is 1. The van der Waals surface area contributed by atoms with Crippen LogP contribution in [0.5, 0.6) is 0 Å². The Morgan fingerprint density at radius 1 is 1.00 bits per heavy atom. The Bertz CT molecular complexity index is 500. The molecule has 0 aliphatic rings. The van der Waals surface area contributed by atoms with Crippen molar-refractivity contribution in [2.45, 2.75) is 0 Å². The molecule has 1 heterocycles. The quantitative estimate of drug-likeness (QED) is 0.720. The predicted molar refractivity (Wildman–Crippen MR) is 46.2 cm³/mol. The van der Waals surface area contributed by atoms with Crippen LogP contribution in [-0.2, 0) is 0 Å². The van der Waals surface area contributed by atoms with Gasteiger partial charge in [-0.25, -0.2) is 18.7 Å². The van der Waals surface area contributed by atoms with Crippen molar-refractivity contribution in [3.63, 3.8) is 0 Å². The molecule has 0 amide bonds.